The maximum atomic E-state index is 10.7. The molecule has 0 bridgehead atoms. The maximum Gasteiger partial charge on any atom is 0.343 e. The zero-order chi connectivity index (χ0) is 9.19. The maximum absolute atomic E-state index is 10.7. The minimum absolute atomic E-state index is 0.119. The smallest absolute Gasteiger partial charge is 0.343 e. The third-order valence-corrected chi connectivity index (χ3v) is 1.93. The Hall–Kier alpha value is -1.10. The number of amidine groups is 1. The van der Waals surface area contributed by atoms with Crippen molar-refractivity contribution in [1.29, 1.82) is 0 Å². The van der Waals surface area contributed by atoms with E-state index in [1.54, 1.807) is 6.92 Å². The largest absolute Gasteiger partial charge is 0.479 e. The lowest BCUT2D eigenvalue weighted by Gasteiger charge is -2.21. The van der Waals surface area contributed by atoms with Gasteiger partial charge in [-0.1, -0.05) is 6.92 Å². The van der Waals surface area contributed by atoms with Gasteiger partial charge in [-0.25, -0.2) is 4.79 Å². The number of rotatable bonds is 3. The van der Waals surface area contributed by atoms with Crippen molar-refractivity contribution < 1.29 is 15.0 Å². The lowest BCUT2D eigenvalue weighted by atomic mass is 10.00. The number of nitrogens with zero attached hydrogens (tertiary/aromatic N) is 1. The van der Waals surface area contributed by atoms with Crippen LogP contribution >= 0.6 is 0 Å². The number of carboxylic acids is 1. The first-order chi connectivity index (χ1) is 5.61. The van der Waals surface area contributed by atoms with Crippen LogP contribution in [0.25, 0.3) is 0 Å². The van der Waals surface area contributed by atoms with Crippen LogP contribution < -0.4 is 5.32 Å². The summed E-state index contributed by atoms with van der Waals surface area (Å²) in [4.78, 5) is 14.5. The molecule has 0 aliphatic carbocycles. The number of aliphatic hydroxyl groups is 1. The van der Waals surface area contributed by atoms with Gasteiger partial charge in [0.1, 0.15) is 5.84 Å². The fraction of sp³-hybridized carbons (Fsp3) is 0.714. The summed E-state index contributed by atoms with van der Waals surface area (Å²) in [5, 5.41) is 21.1. The fourth-order valence-electron chi connectivity index (χ4n) is 1.09. The highest BCUT2D eigenvalue weighted by Crippen LogP contribution is 2.13. The van der Waals surface area contributed by atoms with Crippen molar-refractivity contribution >= 4 is 11.8 Å². The van der Waals surface area contributed by atoms with E-state index in [-0.39, 0.29) is 12.3 Å². The molecular weight excluding hydrogens is 160 g/mol. The zero-order valence-corrected chi connectivity index (χ0v) is 6.87. The van der Waals surface area contributed by atoms with Gasteiger partial charge in [0.05, 0.1) is 6.54 Å². The average molecular weight is 172 g/mol. The Balaban J connectivity index is 2.85. The lowest BCUT2D eigenvalue weighted by molar-refractivity contribution is -0.151. The van der Waals surface area contributed by atoms with Gasteiger partial charge in [-0.05, 0) is 6.42 Å². The second-order valence-corrected chi connectivity index (χ2v) is 2.68. The number of hydrogen-bond acceptors (Lipinski definition) is 4. The van der Waals surface area contributed by atoms with E-state index in [2.05, 4.69) is 10.3 Å². The van der Waals surface area contributed by atoms with E-state index in [0.29, 0.717) is 13.1 Å². The quantitative estimate of drug-likeness (QED) is 0.521. The van der Waals surface area contributed by atoms with Crippen molar-refractivity contribution in [2.24, 2.45) is 4.99 Å². The van der Waals surface area contributed by atoms with Gasteiger partial charge in [-0.15, -0.1) is 0 Å². The highest BCUT2D eigenvalue weighted by Gasteiger charge is 2.40. The first-order valence-corrected chi connectivity index (χ1v) is 3.86. The van der Waals surface area contributed by atoms with Gasteiger partial charge in [-0.2, -0.15) is 0 Å². The van der Waals surface area contributed by atoms with Gasteiger partial charge in [0.15, 0.2) is 0 Å². The summed E-state index contributed by atoms with van der Waals surface area (Å²) in [7, 11) is 0. The highest BCUT2D eigenvalue weighted by molar-refractivity contribution is 6.08. The Bertz CT molecular complexity index is 227. The summed E-state index contributed by atoms with van der Waals surface area (Å²) in [6.45, 7) is 2.74. The molecule has 0 aromatic carbocycles. The van der Waals surface area contributed by atoms with Crippen LogP contribution in [-0.4, -0.2) is 40.7 Å². The molecule has 0 aromatic rings. The molecule has 12 heavy (non-hydrogen) atoms. The lowest BCUT2D eigenvalue weighted by Crippen LogP contribution is -2.50. The summed E-state index contributed by atoms with van der Waals surface area (Å²) >= 11 is 0. The van der Waals surface area contributed by atoms with E-state index < -0.39 is 11.6 Å². The van der Waals surface area contributed by atoms with E-state index >= 15 is 0 Å². The Morgan fingerprint density at radius 3 is 2.83 bits per heavy atom. The Morgan fingerprint density at radius 2 is 2.50 bits per heavy atom. The molecule has 0 radical (unpaired) electrons. The third-order valence-electron chi connectivity index (χ3n) is 1.93. The topological polar surface area (TPSA) is 81.9 Å². The third kappa shape index (κ3) is 1.27. The Labute approximate surface area is 70.1 Å². The minimum Gasteiger partial charge on any atom is -0.479 e. The number of aliphatic carboxylic acids is 1. The van der Waals surface area contributed by atoms with Gasteiger partial charge in [0.25, 0.3) is 0 Å². The SMILES string of the molecule is CCC(O)(C(=O)O)C1=NCCN1. The van der Waals surface area contributed by atoms with Crippen molar-refractivity contribution in [2.75, 3.05) is 13.1 Å². The number of hydrogen-bond donors (Lipinski definition) is 3. The molecule has 0 fully saturated rings. The summed E-state index contributed by atoms with van der Waals surface area (Å²) in [6.07, 6.45) is 0.119. The van der Waals surface area contributed by atoms with E-state index in [1.165, 1.54) is 0 Å². The molecule has 1 atom stereocenters. The van der Waals surface area contributed by atoms with E-state index in [0.717, 1.165) is 0 Å². The monoisotopic (exact) mass is 172 g/mol. The molecule has 1 aliphatic rings. The standard InChI is InChI=1S/C7H12N2O3/c1-2-7(12,6(10)11)5-8-3-4-9-5/h12H,2-4H2,1H3,(H,8,9)(H,10,11). The van der Waals surface area contributed by atoms with Gasteiger partial charge >= 0.3 is 5.97 Å². The van der Waals surface area contributed by atoms with Crippen LogP contribution in [0.3, 0.4) is 0 Å². The van der Waals surface area contributed by atoms with Crippen LogP contribution in [0, 0.1) is 0 Å². The first kappa shape index (κ1) is 8.99. The van der Waals surface area contributed by atoms with Gasteiger partial charge in [0, 0.05) is 6.54 Å². The molecule has 0 aromatic heterocycles. The number of carboxylic acid groups (broad SMARTS) is 1. The second-order valence-electron chi connectivity index (χ2n) is 2.68. The van der Waals surface area contributed by atoms with Crippen molar-refractivity contribution in [3.05, 3.63) is 0 Å². The van der Waals surface area contributed by atoms with Crippen LogP contribution in [0.2, 0.25) is 0 Å². The predicted molar refractivity (Wildman–Crippen MR) is 43.2 cm³/mol. The summed E-state index contributed by atoms with van der Waals surface area (Å²) in [5.74, 6) is -1.07. The van der Waals surface area contributed by atoms with Crippen molar-refractivity contribution in [3.63, 3.8) is 0 Å². The molecule has 1 aliphatic heterocycles. The minimum atomic E-state index is -1.82. The first-order valence-electron chi connectivity index (χ1n) is 3.86. The Kier molecular flexibility index (Phi) is 2.32. The highest BCUT2D eigenvalue weighted by atomic mass is 16.4. The van der Waals surface area contributed by atoms with Crippen LogP contribution in [-0.2, 0) is 4.79 Å². The zero-order valence-electron chi connectivity index (χ0n) is 6.87. The normalized spacial score (nSPS) is 21.0. The molecule has 0 saturated carbocycles. The van der Waals surface area contributed by atoms with Crippen LogP contribution in [0.15, 0.2) is 4.99 Å². The van der Waals surface area contributed by atoms with Crippen molar-refractivity contribution in [1.82, 2.24) is 5.32 Å². The summed E-state index contributed by atoms with van der Waals surface area (Å²) in [5.41, 5.74) is -1.82. The molecule has 5 heteroatoms. The van der Waals surface area contributed by atoms with Crippen LogP contribution in [0.4, 0.5) is 0 Å². The molecule has 1 unspecified atom stereocenters. The molecule has 1 heterocycles. The predicted octanol–water partition coefficient (Wildman–Crippen LogP) is -0.786. The average Bonchev–Trinajstić information content (AvgIpc) is 2.54. The van der Waals surface area contributed by atoms with E-state index in [4.69, 9.17) is 5.11 Å². The van der Waals surface area contributed by atoms with Crippen LogP contribution in [0.1, 0.15) is 13.3 Å². The number of aliphatic imine (C=N–C) groups is 1. The second kappa shape index (κ2) is 3.10. The Morgan fingerprint density at radius 1 is 1.83 bits per heavy atom. The molecule has 68 valence electrons. The number of nitrogens with one attached hydrogen (secondary N) is 1. The summed E-state index contributed by atoms with van der Waals surface area (Å²) in [6, 6.07) is 0. The van der Waals surface area contributed by atoms with Crippen molar-refractivity contribution in [3.8, 4) is 0 Å². The van der Waals surface area contributed by atoms with Gasteiger partial charge in [0.2, 0.25) is 5.60 Å². The molecule has 5 nitrogen and oxygen atoms in total. The molecular formula is C7H12N2O3. The van der Waals surface area contributed by atoms with Crippen molar-refractivity contribution in [2.45, 2.75) is 18.9 Å². The molecule has 0 saturated heterocycles. The fourth-order valence-corrected chi connectivity index (χ4v) is 1.09. The van der Waals surface area contributed by atoms with E-state index in [1.807, 2.05) is 0 Å². The molecule has 0 spiro atoms. The molecule has 0 amide bonds. The van der Waals surface area contributed by atoms with Gasteiger partial charge in [-0.3, -0.25) is 4.99 Å². The number of carbonyl (C=O) groups is 1. The molecule has 3 N–H and O–H groups in total. The summed E-state index contributed by atoms with van der Waals surface area (Å²) < 4.78 is 0. The van der Waals surface area contributed by atoms with Crippen LogP contribution in [0.5, 0.6) is 0 Å². The van der Waals surface area contributed by atoms with E-state index in [9.17, 15) is 9.90 Å². The molecule has 1 rings (SSSR count). The van der Waals surface area contributed by atoms with Gasteiger partial charge < -0.3 is 15.5 Å².